The van der Waals surface area contributed by atoms with Crippen LogP contribution < -0.4 is 5.32 Å². The summed E-state index contributed by atoms with van der Waals surface area (Å²) in [5.41, 5.74) is 0.536. The number of nitro groups is 1. The molecule has 0 aliphatic heterocycles. The number of rotatable bonds is 4. The first-order valence-electron chi connectivity index (χ1n) is 6.42. The molecule has 0 fully saturated rings. The highest BCUT2D eigenvalue weighted by Gasteiger charge is 2.21. The molecule has 0 saturated carbocycles. The summed E-state index contributed by atoms with van der Waals surface area (Å²) in [5.74, 6) is -0.601. The van der Waals surface area contributed by atoms with E-state index in [1.54, 1.807) is 6.07 Å². The highest BCUT2D eigenvalue weighted by atomic mass is 16.6. The molecule has 2 aromatic rings. The van der Waals surface area contributed by atoms with Crippen LogP contribution in [0.2, 0.25) is 0 Å². The molecule has 0 aliphatic rings. The largest absolute Gasteiger partial charge is 0.508 e. The zero-order valence-electron chi connectivity index (χ0n) is 11.7. The first kappa shape index (κ1) is 15.3. The average Bonchev–Trinajstić information content (AvgIpc) is 2.47. The maximum Gasteiger partial charge on any atom is 0.269 e. The fourth-order valence-electron chi connectivity index (χ4n) is 2.13. The first-order valence-corrected chi connectivity index (χ1v) is 6.42. The number of nitro benzene ring substituents is 1. The van der Waals surface area contributed by atoms with Gasteiger partial charge in [0.15, 0.2) is 0 Å². The first-order chi connectivity index (χ1) is 10.4. The van der Waals surface area contributed by atoms with E-state index in [2.05, 4.69) is 5.32 Å². The number of amides is 1. The van der Waals surface area contributed by atoms with Gasteiger partial charge >= 0.3 is 0 Å². The number of phenolic OH excluding ortho intramolecular Hbond substituents is 2. The minimum Gasteiger partial charge on any atom is -0.508 e. The average molecular weight is 302 g/mol. The lowest BCUT2D eigenvalue weighted by atomic mass is 9.97. The van der Waals surface area contributed by atoms with Gasteiger partial charge in [-0.25, -0.2) is 0 Å². The van der Waals surface area contributed by atoms with Gasteiger partial charge in [-0.05, 0) is 23.8 Å². The predicted molar refractivity (Wildman–Crippen MR) is 78.5 cm³/mol. The number of carbonyl (C=O) groups excluding carboxylic acids is 1. The maximum absolute atomic E-state index is 11.4. The molecule has 7 heteroatoms. The zero-order chi connectivity index (χ0) is 16.3. The second-order valence-corrected chi connectivity index (χ2v) is 4.73. The van der Waals surface area contributed by atoms with Crippen LogP contribution in [0.3, 0.4) is 0 Å². The number of non-ortho nitro benzene ring substituents is 1. The molecule has 1 unspecified atom stereocenters. The molecule has 0 heterocycles. The van der Waals surface area contributed by atoms with Gasteiger partial charge in [0.1, 0.15) is 11.5 Å². The zero-order valence-corrected chi connectivity index (χ0v) is 11.7. The van der Waals surface area contributed by atoms with Crippen LogP contribution in [0.1, 0.15) is 24.1 Å². The van der Waals surface area contributed by atoms with Gasteiger partial charge in [0, 0.05) is 24.6 Å². The minimum atomic E-state index is -0.815. The van der Waals surface area contributed by atoms with Crippen molar-refractivity contribution in [3.05, 3.63) is 63.7 Å². The summed E-state index contributed by atoms with van der Waals surface area (Å²) >= 11 is 0. The number of nitrogens with one attached hydrogen (secondary N) is 1. The second kappa shape index (κ2) is 6.13. The molecule has 0 aliphatic carbocycles. The van der Waals surface area contributed by atoms with Crippen LogP contribution in [-0.2, 0) is 4.79 Å². The molecule has 0 radical (unpaired) electrons. The second-order valence-electron chi connectivity index (χ2n) is 4.73. The lowest BCUT2D eigenvalue weighted by Gasteiger charge is -2.20. The van der Waals surface area contributed by atoms with Gasteiger partial charge in [-0.2, -0.15) is 0 Å². The summed E-state index contributed by atoms with van der Waals surface area (Å²) < 4.78 is 0. The summed E-state index contributed by atoms with van der Waals surface area (Å²) in [6.45, 7) is 1.30. The van der Waals surface area contributed by atoms with Crippen LogP contribution in [0, 0.1) is 10.1 Å². The predicted octanol–water partition coefficient (Wildman–Crippen LogP) is 2.23. The van der Waals surface area contributed by atoms with E-state index in [1.165, 1.54) is 43.3 Å². The smallest absolute Gasteiger partial charge is 0.269 e. The van der Waals surface area contributed by atoms with E-state index in [1.807, 2.05) is 0 Å². The molecule has 1 atom stereocenters. The quantitative estimate of drug-likeness (QED) is 0.455. The Labute approximate surface area is 126 Å². The van der Waals surface area contributed by atoms with Crippen LogP contribution >= 0.6 is 0 Å². The van der Waals surface area contributed by atoms with E-state index in [-0.39, 0.29) is 28.7 Å². The molecular weight excluding hydrogens is 288 g/mol. The number of benzene rings is 2. The van der Waals surface area contributed by atoms with Crippen LogP contribution in [0.15, 0.2) is 42.5 Å². The Morgan fingerprint density at radius 2 is 1.95 bits per heavy atom. The number of hydrogen-bond acceptors (Lipinski definition) is 5. The van der Waals surface area contributed by atoms with Crippen molar-refractivity contribution in [2.45, 2.75) is 13.0 Å². The molecule has 114 valence electrons. The van der Waals surface area contributed by atoms with E-state index in [0.717, 1.165) is 0 Å². The Hall–Kier alpha value is -3.09. The van der Waals surface area contributed by atoms with Crippen LogP contribution in [-0.4, -0.2) is 21.0 Å². The third-order valence-electron chi connectivity index (χ3n) is 3.08. The standard InChI is InChI=1S/C15H14N2O5/c1-9(18)16-15(13-8-12(19)5-6-14(13)20)10-3-2-4-11(7-10)17(21)22/h2-8,15,19-20H,1H3,(H,16,18). The van der Waals surface area contributed by atoms with Gasteiger partial charge in [0.25, 0.3) is 5.69 Å². The normalized spacial score (nSPS) is 11.7. The molecule has 0 spiro atoms. The van der Waals surface area contributed by atoms with Crippen molar-refractivity contribution in [3.8, 4) is 11.5 Å². The van der Waals surface area contributed by atoms with Crippen molar-refractivity contribution in [2.75, 3.05) is 0 Å². The highest BCUT2D eigenvalue weighted by Crippen LogP contribution is 2.33. The number of carbonyl (C=O) groups is 1. The van der Waals surface area contributed by atoms with E-state index in [0.29, 0.717) is 5.56 Å². The van der Waals surface area contributed by atoms with Crippen molar-refractivity contribution in [1.82, 2.24) is 5.32 Å². The summed E-state index contributed by atoms with van der Waals surface area (Å²) in [6, 6.07) is 8.80. The summed E-state index contributed by atoms with van der Waals surface area (Å²) in [6.07, 6.45) is 0. The summed E-state index contributed by atoms with van der Waals surface area (Å²) in [7, 11) is 0. The molecule has 0 aromatic heterocycles. The fraction of sp³-hybridized carbons (Fsp3) is 0.133. The Balaban J connectivity index is 2.55. The van der Waals surface area contributed by atoms with Crippen molar-refractivity contribution in [2.24, 2.45) is 0 Å². The monoisotopic (exact) mass is 302 g/mol. The summed E-state index contributed by atoms with van der Waals surface area (Å²) in [4.78, 5) is 21.8. The van der Waals surface area contributed by atoms with Gasteiger partial charge in [0.05, 0.1) is 11.0 Å². The van der Waals surface area contributed by atoms with Crippen LogP contribution in [0.4, 0.5) is 5.69 Å². The molecule has 3 N–H and O–H groups in total. The van der Waals surface area contributed by atoms with E-state index >= 15 is 0 Å². The molecule has 0 bridgehead atoms. The molecule has 2 rings (SSSR count). The molecule has 2 aromatic carbocycles. The number of nitrogens with zero attached hydrogens (tertiary/aromatic N) is 1. The molecule has 1 amide bonds. The van der Waals surface area contributed by atoms with E-state index in [4.69, 9.17) is 0 Å². The Bertz CT molecular complexity index is 730. The number of hydrogen-bond donors (Lipinski definition) is 3. The Morgan fingerprint density at radius 3 is 2.59 bits per heavy atom. The Morgan fingerprint density at radius 1 is 1.23 bits per heavy atom. The topological polar surface area (TPSA) is 113 Å². The van der Waals surface area contributed by atoms with Crippen molar-refractivity contribution in [3.63, 3.8) is 0 Å². The number of aromatic hydroxyl groups is 2. The van der Waals surface area contributed by atoms with Gasteiger partial charge in [-0.1, -0.05) is 12.1 Å². The van der Waals surface area contributed by atoms with Gasteiger partial charge < -0.3 is 15.5 Å². The SMILES string of the molecule is CC(=O)NC(c1cccc([N+](=O)[O-])c1)c1cc(O)ccc1O. The maximum atomic E-state index is 11.4. The molecule has 22 heavy (non-hydrogen) atoms. The van der Waals surface area contributed by atoms with Crippen molar-refractivity contribution in [1.29, 1.82) is 0 Å². The molecule has 7 nitrogen and oxygen atoms in total. The molecule has 0 saturated heterocycles. The number of phenols is 2. The lowest BCUT2D eigenvalue weighted by Crippen LogP contribution is -2.27. The van der Waals surface area contributed by atoms with Gasteiger partial charge in [-0.15, -0.1) is 0 Å². The van der Waals surface area contributed by atoms with Gasteiger partial charge in [-0.3, -0.25) is 14.9 Å². The van der Waals surface area contributed by atoms with E-state index < -0.39 is 11.0 Å². The van der Waals surface area contributed by atoms with E-state index in [9.17, 15) is 25.1 Å². The molecular formula is C15H14N2O5. The third-order valence-corrected chi connectivity index (χ3v) is 3.08. The van der Waals surface area contributed by atoms with Crippen LogP contribution in [0.25, 0.3) is 0 Å². The fourth-order valence-corrected chi connectivity index (χ4v) is 2.13. The minimum absolute atomic E-state index is 0.0893. The summed E-state index contributed by atoms with van der Waals surface area (Å²) in [5, 5.41) is 33.0. The highest BCUT2D eigenvalue weighted by molar-refractivity contribution is 5.74. The van der Waals surface area contributed by atoms with Crippen molar-refractivity contribution >= 4 is 11.6 Å². The van der Waals surface area contributed by atoms with Crippen LogP contribution in [0.5, 0.6) is 11.5 Å². The van der Waals surface area contributed by atoms with Gasteiger partial charge in [0.2, 0.25) is 5.91 Å². The van der Waals surface area contributed by atoms with Crippen molar-refractivity contribution < 1.29 is 19.9 Å². The lowest BCUT2D eigenvalue weighted by molar-refractivity contribution is -0.384. The Kier molecular flexibility index (Phi) is 4.26. The third kappa shape index (κ3) is 3.32.